The monoisotopic (exact) mass is 279 g/mol. The molecule has 0 radical (unpaired) electrons. The molecule has 0 aliphatic carbocycles. The van der Waals surface area contributed by atoms with Gasteiger partial charge in [-0.15, -0.1) is 0 Å². The molecule has 0 atom stereocenters. The van der Waals surface area contributed by atoms with Crippen molar-refractivity contribution in [3.63, 3.8) is 0 Å². The minimum atomic E-state index is -4.54. The molecule has 2 N–H and O–H groups in total. The van der Waals surface area contributed by atoms with Gasteiger partial charge in [-0.1, -0.05) is 11.6 Å². The Morgan fingerprint density at radius 3 is 2.39 bits per heavy atom. The van der Waals surface area contributed by atoms with Crippen molar-refractivity contribution >= 4 is 11.6 Å². The van der Waals surface area contributed by atoms with E-state index in [-0.39, 0.29) is 16.7 Å². The molecule has 0 unspecified atom stereocenters. The Labute approximate surface area is 108 Å². The Bertz CT molecular complexity index is 442. The van der Waals surface area contributed by atoms with Crippen LogP contribution in [-0.4, -0.2) is 18.2 Å². The van der Waals surface area contributed by atoms with Gasteiger partial charge in [0.05, 0.1) is 10.6 Å². The Hall–Kier alpha value is -0.940. The number of alkyl halides is 3. The molecule has 1 aromatic carbocycles. The zero-order chi connectivity index (χ0) is 13.3. The van der Waals surface area contributed by atoms with Crippen LogP contribution in [-0.2, 0) is 6.18 Å². The molecule has 0 spiro atoms. The van der Waals surface area contributed by atoms with Gasteiger partial charge in [0, 0.05) is 0 Å². The third-order valence-corrected chi connectivity index (χ3v) is 3.51. The molecule has 2 rings (SSSR count). The third kappa shape index (κ3) is 2.72. The van der Waals surface area contributed by atoms with Gasteiger partial charge in [-0.3, -0.25) is 0 Å². The lowest BCUT2D eigenvalue weighted by Crippen LogP contribution is -2.26. The van der Waals surface area contributed by atoms with Crippen LogP contribution in [0.2, 0.25) is 5.02 Å². The van der Waals surface area contributed by atoms with Crippen LogP contribution < -0.4 is 5.32 Å². The van der Waals surface area contributed by atoms with E-state index in [2.05, 4.69) is 5.32 Å². The van der Waals surface area contributed by atoms with Crippen molar-refractivity contribution in [1.82, 2.24) is 5.32 Å². The van der Waals surface area contributed by atoms with E-state index >= 15 is 0 Å². The molecule has 1 fully saturated rings. The fourth-order valence-electron chi connectivity index (χ4n) is 2.25. The number of nitrogens with one attached hydrogen (secondary N) is 1. The summed E-state index contributed by atoms with van der Waals surface area (Å²) in [4.78, 5) is 0. The molecule has 0 aromatic heterocycles. The van der Waals surface area contributed by atoms with Crippen molar-refractivity contribution in [2.45, 2.75) is 24.9 Å². The second kappa shape index (κ2) is 4.97. The molecule has 0 bridgehead atoms. The molecule has 1 saturated heterocycles. The molecule has 6 heteroatoms. The average molecular weight is 280 g/mol. The predicted molar refractivity (Wildman–Crippen MR) is 63.0 cm³/mol. The number of benzene rings is 1. The van der Waals surface area contributed by atoms with Crippen molar-refractivity contribution in [3.05, 3.63) is 28.3 Å². The number of rotatable bonds is 1. The molecule has 1 heterocycles. The minimum Gasteiger partial charge on any atom is -0.508 e. The van der Waals surface area contributed by atoms with E-state index in [4.69, 9.17) is 11.6 Å². The first-order valence-corrected chi connectivity index (χ1v) is 6.07. The van der Waals surface area contributed by atoms with Crippen molar-refractivity contribution < 1.29 is 18.3 Å². The van der Waals surface area contributed by atoms with Crippen LogP contribution in [0.25, 0.3) is 0 Å². The number of phenols is 1. The maximum atomic E-state index is 12.6. The van der Waals surface area contributed by atoms with E-state index < -0.39 is 11.7 Å². The highest BCUT2D eigenvalue weighted by atomic mass is 35.5. The fourth-order valence-corrected chi connectivity index (χ4v) is 2.53. The number of hydrogen-bond acceptors (Lipinski definition) is 2. The molecule has 100 valence electrons. The number of phenolic OH excluding ortho intramolecular Hbond substituents is 1. The molecule has 2 nitrogen and oxygen atoms in total. The molecule has 1 aliphatic rings. The Morgan fingerprint density at radius 2 is 1.83 bits per heavy atom. The Balaban J connectivity index is 2.36. The van der Waals surface area contributed by atoms with Crippen LogP contribution in [0, 0.1) is 0 Å². The van der Waals surface area contributed by atoms with Crippen molar-refractivity contribution in [1.29, 1.82) is 0 Å². The summed E-state index contributed by atoms with van der Waals surface area (Å²) in [7, 11) is 0. The average Bonchev–Trinajstić information content (AvgIpc) is 2.31. The van der Waals surface area contributed by atoms with E-state index in [0.29, 0.717) is 5.56 Å². The van der Waals surface area contributed by atoms with E-state index in [9.17, 15) is 18.3 Å². The number of aromatic hydroxyl groups is 1. The third-order valence-electron chi connectivity index (χ3n) is 3.20. The number of hydrogen-bond donors (Lipinski definition) is 2. The lowest BCUT2D eigenvalue weighted by atomic mass is 9.89. The first-order chi connectivity index (χ1) is 8.39. The van der Waals surface area contributed by atoms with Gasteiger partial charge in [0.1, 0.15) is 5.75 Å². The summed E-state index contributed by atoms with van der Waals surface area (Å²) in [5.41, 5.74) is -0.478. The summed E-state index contributed by atoms with van der Waals surface area (Å²) in [6, 6.07) is 1.97. The Morgan fingerprint density at radius 1 is 1.22 bits per heavy atom. The highest BCUT2D eigenvalue weighted by Gasteiger charge is 2.34. The first-order valence-electron chi connectivity index (χ1n) is 5.70. The fraction of sp³-hybridized carbons (Fsp3) is 0.500. The predicted octanol–water partition coefficient (Wildman–Crippen LogP) is 3.53. The molecular weight excluding hydrogens is 267 g/mol. The molecule has 1 aromatic rings. The van der Waals surface area contributed by atoms with Crippen molar-refractivity contribution in [2.24, 2.45) is 0 Å². The Kier molecular flexibility index (Phi) is 3.73. The molecule has 0 amide bonds. The van der Waals surface area contributed by atoms with Gasteiger partial charge in [0.15, 0.2) is 0 Å². The zero-order valence-electron chi connectivity index (χ0n) is 9.52. The van der Waals surface area contributed by atoms with Crippen molar-refractivity contribution in [2.75, 3.05) is 13.1 Å². The van der Waals surface area contributed by atoms with Crippen LogP contribution >= 0.6 is 11.6 Å². The summed E-state index contributed by atoms with van der Waals surface area (Å²) in [5.74, 6) is -0.260. The quantitative estimate of drug-likeness (QED) is 0.824. The molecule has 0 saturated carbocycles. The van der Waals surface area contributed by atoms with Gasteiger partial charge in [-0.05, 0) is 49.5 Å². The van der Waals surface area contributed by atoms with E-state index in [1.165, 1.54) is 6.07 Å². The van der Waals surface area contributed by atoms with E-state index in [1.807, 2.05) is 0 Å². The van der Waals surface area contributed by atoms with Crippen LogP contribution in [0.15, 0.2) is 12.1 Å². The standard InChI is InChI=1S/C12H13ClF3NO/c13-10-5-8(7-1-3-17-4-2-7)11(18)6-9(10)12(14,15)16/h5-7,17-18H,1-4H2. The maximum absolute atomic E-state index is 12.6. The summed E-state index contributed by atoms with van der Waals surface area (Å²) in [6.07, 6.45) is -2.97. The maximum Gasteiger partial charge on any atom is 0.417 e. The lowest BCUT2D eigenvalue weighted by Gasteiger charge is -2.24. The molecular formula is C12H13ClF3NO. The summed E-state index contributed by atoms with van der Waals surface area (Å²) >= 11 is 5.66. The lowest BCUT2D eigenvalue weighted by molar-refractivity contribution is -0.137. The summed E-state index contributed by atoms with van der Waals surface area (Å²) in [5, 5.41) is 12.6. The zero-order valence-corrected chi connectivity index (χ0v) is 10.3. The number of piperidine rings is 1. The van der Waals surface area contributed by atoms with E-state index in [1.54, 1.807) is 0 Å². The van der Waals surface area contributed by atoms with Crippen LogP contribution in [0.4, 0.5) is 13.2 Å². The second-order valence-corrected chi connectivity index (χ2v) is 4.82. The topological polar surface area (TPSA) is 32.3 Å². The van der Waals surface area contributed by atoms with Crippen LogP contribution in [0.3, 0.4) is 0 Å². The SMILES string of the molecule is Oc1cc(C(F)(F)F)c(Cl)cc1C1CCNCC1. The first kappa shape index (κ1) is 13.5. The smallest absolute Gasteiger partial charge is 0.417 e. The van der Waals surface area contributed by atoms with Crippen LogP contribution in [0.1, 0.15) is 29.9 Å². The van der Waals surface area contributed by atoms with Gasteiger partial charge < -0.3 is 10.4 Å². The highest BCUT2D eigenvalue weighted by Crippen LogP contribution is 2.41. The van der Waals surface area contributed by atoms with Gasteiger partial charge in [0.2, 0.25) is 0 Å². The van der Waals surface area contributed by atoms with Crippen LogP contribution in [0.5, 0.6) is 5.75 Å². The number of halogens is 4. The minimum absolute atomic E-state index is 0.0611. The summed E-state index contributed by atoms with van der Waals surface area (Å²) in [6.45, 7) is 1.59. The largest absolute Gasteiger partial charge is 0.508 e. The second-order valence-electron chi connectivity index (χ2n) is 4.41. The highest BCUT2D eigenvalue weighted by molar-refractivity contribution is 6.31. The van der Waals surface area contributed by atoms with Crippen molar-refractivity contribution in [3.8, 4) is 5.75 Å². The molecule has 18 heavy (non-hydrogen) atoms. The normalized spacial score (nSPS) is 18.0. The van der Waals surface area contributed by atoms with Gasteiger partial charge in [0.25, 0.3) is 0 Å². The summed E-state index contributed by atoms with van der Waals surface area (Å²) < 4.78 is 37.8. The van der Waals surface area contributed by atoms with Gasteiger partial charge in [-0.2, -0.15) is 13.2 Å². The van der Waals surface area contributed by atoms with Gasteiger partial charge >= 0.3 is 6.18 Å². The van der Waals surface area contributed by atoms with E-state index in [0.717, 1.165) is 32.0 Å². The molecule has 1 aliphatic heterocycles. The van der Waals surface area contributed by atoms with Gasteiger partial charge in [-0.25, -0.2) is 0 Å².